The van der Waals surface area contributed by atoms with Crippen molar-refractivity contribution < 1.29 is 5.11 Å². The van der Waals surface area contributed by atoms with Crippen molar-refractivity contribution >= 4 is 11.5 Å². The second kappa shape index (κ2) is 4.98. The number of hydrogen-bond acceptors (Lipinski definition) is 4. The van der Waals surface area contributed by atoms with Crippen LogP contribution in [0.25, 0.3) is 0 Å². The Morgan fingerprint density at radius 1 is 1.53 bits per heavy atom. The number of nitrogens with one attached hydrogen (secondary N) is 1. The third kappa shape index (κ3) is 3.09. The first-order chi connectivity index (χ1) is 7.04. The lowest BCUT2D eigenvalue weighted by atomic mass is 10.1. The predicted octanol–water partition coefficient (Wildman–Crippen LogP) is 1.40. The molecule has 0 amide bonds. The molecule has 15 heavy (non-hydrogen) atoms. The van der Waals surface area contributed by atoms with E-state index in [1.54, 1.807) is 6.20 Å². The van der Waals surface area contributed by atoms with Crippen LogP contribution in [-0.4, -0.2) is 22.7 Å². The molecule has 0 aliphatic heterocycles. The van der Waals surface area contributed by atoms with Crippen LogP contribution in [0.3, 0.4) is 0 Å². The number of aliphatic hydroxyl groups is 1. The molecule has 0 aliphatic carbocycles. The monoisotopic (exact) mass is 209 g/mol. The summed E-state index contributed by atoms with van der Waals surface area (Å²) in [6.07, 6.45) is 1.63. The Kier molecular flexibility index (Phi) is 3.91. The number of hydrogen-bond donors (Lipinski definition) is 3. The number of aliphatic hydroxyl groups excluding tert-OH is 1. The maximum Gasteiger partial charge on any atom is 0.126 e. The Hall–Kier alpha value is -1.29. The highest BCUT2D eigenvalue weighted by Gasteiger charge is 2.12. The normalized spacial score (nSPS) is 12.9. The molecule has 0 aromatic carbocycles. The van der Waals surface area contributed by atoms with Gasteiger partial charge in [-0.2, -0.15) is 0 Å². The lowest BCUT2D eigenvalue weighted by Crippen LogP contribution is -2.29. The van der Waals surface area contributed by atoms with Crippen molar-refractivity contribution in [3.8, 4) is 0 Å². The molecule has 1 atom stereocenters. The van der Waals surface area contributed by atoms with E-state index in [1.165, 1.54) is 0 Å². The fourth-order valence-corrected chi connectivity index (χ4v) is 1.26. The largest absolute Gasteiger partial charge is 0.397 e. The first-order valence-corrected chi connectivity index (χ1v) is 5.14. The highest BCUT2D eigenvalue weighted by Crippen LogP contribution is 2.15. The van der Waals surface area contributed by atoms with Crippen molar-refractivity contribution in [2.45, 2.75) is 26.8 Å². The summed E-state index contributed by atoms with van der Waals surface area (Å²) in [6, 6.07) is 1.92. The minimum atomic E-state index is 0.0283. The van der Waals surface area contributed by atoms with E-state index in [2.05, 4.69) is 24.1 Å². The van der Waals surface area contributed by atoms with Gasteiger partial charge in [0.15, 0.2) is 0 Å². The van der Waals surface area contributed by atoms with Crippen LogP contribution in [0.4, 0.5) is 11.5 Å². The lowest BCUT2D eigenvalue weighted by molar-refractivity contribution is 0.249. The third-order valence-corrected chi connectivity index (χ3v) is 2.49. The first-order valence-electron chi connectivity index (χ1n) is 5.14. The SMILES string of the molecule is Cc1cc(N[C@H](CO)C(C)C)ncc1N. The molecule has 0 spiro atoms. The van der Waals surface area contributed by atoms with Crippen LogP contribution in [0.5, 0.6) is 0 Å². The number of nitrogens with zero attached hydrogens (tertiary/aromatic N) is 1. The summed E-state index contributed by atoms with van der Waals surface area (Å²) in [7, 11) is 0. The molecule has 1 aromatic rings. The molecule has 4 nitrogen and oxygen atoms in total. The van der Waals surface area contributed by atoms with E-state index in [9.17, 15) is 0 Å². The fraction of sp³-hybridized carbons (Fsp3) is 0.545. The van der Waals surface area contributed by atoms with Gasteiger partial charge in [0.1, 0.15) is 5.82 Å². The van der Waals surface area contributed by atoms with Gasteiger partial charge in [-0.05, 0) is 24.5 Å². The van der Waals surface area contributed by atoms with Crippen LogP contribution < -0.4 is 11.1 Å². The maximum absolute atomic E-state index is 9.17. The highest BCUT2D eigenvalue weighted by molar-refractivity contribution is 5.51. The third-order valence-electron chi connectivity index (χ3n) is 2.49. The molecule has 1 heterocycles. The minimum Gasteiger partial charge on any atom is -0.397 e. The standard InChI is InChI=1S/C11H19N3O/c1-7(2)10(6-15)14-11-4-8(3)9(12)5-13-11/h4-5,7,10,15H,6,12H2,1-3H3,(H,13,14)/t10-/m1/s1. The van der Waals surface area contributed by atoms with Crippen molar-refractivity contribution in [3.63, 3.8) is 0 Å². The molecule has 0 saturated heterocycles. The number of rotatable bonds is 4. The summed E-state index contributed by atoms with van der Waals surface area (Å²) in [6.45, 7) is 6.14. The van der Waals surface area contributed by atoms with Gasteiger partial charge >= 0.3 is 0 Å². The summed E-state index contributed by atoms with van der Waals surface area (Å²) in [4.78, 5) is 4.16. The molecule has 0 radical (unpaired) electrons. The van der Waals surface area contributed by atoms with E-state index in [0.717, 1.165) is 11.4 Å². The Labute approximate surface area is 90.5 Å². The molecule has 0 bridgehead atoms. The lowest BCUT2D eigenvalue weighted by Gasteiger charge is -2.20. The van der Waals surface area contributed by atoms with Crippen LogP contribution in [0.2, 0.25) is 0 Å². The first kappa shape index (κ1) is 11.8. The molecular formula is C11H19N3O. The zero-order chi connectivity index (χ0) is 11.4. The van der Waals surface area contributed by atoms with Gasteiger partial charge in [-0.3, -0.25) is 0 Å². The van der Waals surface area contributed by atoms with E-state index in [4.69, 9.17) is 10.8 Å². The maximum atomic E-state index is 9.17. The minimum absolute atomic E-state index is 0.0283. The van der Waals surface area contributed by atoms with E-state index >= 15 is 0 Å². The van der Waals surface area contributed by atoms with Crippen LogP contribution in [-0.2, 0) is 0 Å². The van der Waals surface area contributed by atoms with Gasteiger partial charge in [0.05, 0.1) is 24.5 Å². The molecule has 4 N–H and O–H groups in total. The summed E-state index contributed by atoms with van der Waals surface area (Å²) >= 11 is 0. The van der Waals surface area contributed by atoms with Gasteiger partial charge in [0.2, 0.25) is 0 Å². The number of nitrogen functional groups attached to an aromatic ring is 1. The average Bonchev–Trinajstić information content (AvgIpc) is 2.19. The quantitative estimate of drug-likeness (QED) is 0.701. The zero-order valence-corrected chi connectivity index (χ0v) is 9.49. The summed E-state index contributed by atoms with van der Waals surface area (Å²) in [5.41, 5.74) is 7.35. The van der Waals surface area contributed by atoms with Gasteiger partial charge in [0, 0.05) is 0 Å². The topological polar surface area (TPSA) is 71.2 Å². The number of aromatic nitrogens is 1. The highest BCUT2D eigenvalue weighted by atomic mass is 16.3. The Morgan fingerprint density at radius 2 is 2.20 bits per heavy atom. The molecule has 0 saturated carbocycles. The van der Waals surface area contributed by atoms with Gasteiger partial charge in [-0.1, -0.05) is 13.8 Å². The van der Waals surface area contributed by atoms with Gasteiger partial charge < -0.3 is 16.2 Å². The fourth-order valence-electron chi connectivity index (χ4n) is 1.26. The Bertz CT molecular complexity index is 326. The van der Waals surface area contributed by atoms with Crippen molar-refractivity contribution in [2.24, 2.45) is 5.92 Å². The summed E-state index contributed by atoms with van der Waals surface area (Å²) in [5.74, 6) is 1.11. The molecule has 0 aliphatic rings. The van der Waals surface area contributed by atoms with E-state index in [-0.39, 0.29) is 12.6 Å². The Balaban J connectivity index is 2.75. The molecule has 1 rings (SSSR count). The molecule has 0 unspecified atom stereocenters. The van der Waals surface area contributed by atoms with Crippen LogP contribution in [0, 0.1) is 12.8 Å². The Morgan fingerprint density at radius 3 is 2.67 bits per heavy atom. The van der Waals surface area contributed by atoms with Crippen molar-refractivity contribution in [1.82, 2.24) is 4.98 Å². The molecule has 4 heteroatoms. The average molecular weight is 209 g/mol. The van der Waals surface area contributed by atoms with Crippen LogP contribution in [0.1, 0.15) is 19.4 Å². The summed E-state index contributed by atoms with van der Waals surface area (Å²) < 4.78 is 0. The zero-order valence-electron chi connectivity index (χ0n) is 9.49. The number of nitrogens with two attached hydrogens (primary N) is 1. The van der Waals surface area contributed by atoms with Gasteiger partial charge in [0.25, 0.3) is 0 Å². The molecule has 1 aromatic heterocycles. The molecule has 84 valence electrons. The van der Waals surface area contributed by atoms with Crippen LogP contribution >= 0.6 is 0 Å². The van der Waals surface area contributed by atoms with Crippen molar-refractivity contribution in [1.29, 1.82) is 0 Å². The predicted molar refractivity (Wildman–Crippen MR) is 62.7 cm³/mol. The number of aryl methyl sites for hydroxylation is 1. The second-order valence-corrected chi connectivity index (χ2v) is 4.10. The van der Waals surface area contributed by atoms with Gasteiger partial charge in [-0.25, -0.2) is 4.98 Å². The molecular weight excluding hydrogens is 190 g/mol. The van der Waals surface area contributed by atoms with Crippen molar-refractivity contribution in [2.75, 3.05) is 17.7 Å². The second-order valence-electron chi connectivity index (χ2n) is 4.10. The van der Waals surface area contributed by atoms with E-state index in [0.29, 0.717) is 11.6 Å². The van der Waals surface area contributed by atoms with E-state index < -0.39 is 0 Å². The summed E-state index contributed by atoms with van der Waals surface area (Å²) in [5, 5.41) is 12.3. The smallest absolute Gasteiger partial charge is 0.126 e. The van der Waals surface area contributed by atoms with Crippen molar-refractivity contribution in [3.05, 3.63) is 17.8 Å². The van der Waals surface area contributed by atoms with Gasteiger partial charge in [-0.15, -0.1) is 0 Å². The molecule has 0 fully saturated rings. The van der Waals surface area contributed by atoms with E-state index in [1.807, 2.05) is 13.0 Å². The number of pyridine rings is 1. The number of anilines is 2. The van der Waals surface area contributed by atoms with Crippen LogP contribution in [0.15, 0.2) is 12.3 Å².